The smallest absolute Gasteiger partial charge is 0.254 e. The SMILES string of the molecule is Cc1nc(N2CCN(C(=O)c3ccc4nc[nH]c4c3)CC2)cc(=O)[nH]1. The number of carbonyl (C=O) groups excluding carboxylic acids is 1. The van der Waals surface area contributed by atoms with Gasteiger partial charge in [-0.1, -0.05) is 0 Å². The zero-order valence-corrected chi connectivity index (χ0v) is 13.8. The van der Waals surface area contributed by atoms with Gasteiger partial charge in [0.2, 0.25) is 0 Å². The number of nitrogens with one attached hydrogen (secondary N) is 2. The third-order valence-corrected chi connectivity index (χ3v) is 4.40. The number of aromatic amines is 2. The number of nitrogens with zero attached hydrogens (tertiary/aromatic N) is 4. The van der Waals surface area contributed by atoms with Crippen LogP contribution in [0.3, 0.4) is 0 Å². The summed E-state index contributed by atoms with van der Waals surface area (Å²) < 4.78 is 0. The highest BCUT2D eigenvalue weighted by Crippen LogP contribution is 2.16. The van der Waals surface area contributed by atoms with E-state index in [1.165, 1.54) is 6.07 Å². The summed E-state index contributed by atoms with van der Waals surface area (Å²) in [5, 5.41) is 0. The zero-order valence-electron chi connectivity index (χ0n) is 13.8. The molecule has 3 heterocycles. The summed E-state index contributed by atoms with van der Waals surface area (Å²) in [6.45, 7) is 4.24. The van der Waals surface area contributed by atoms with Crippen LogP contribution in [0.4, 0.5) is 5.82 Å². The number of rotatable bonds is 2. The summed E-state index contributed by atoms with van der Waals surface area (Å²) >= 11 is 0. The van der Waals surface area contributed by atoms with E-state index in [4.69, 9.17) is 0 Å². The fraction of sp³-hybridized carbons (Fsp3) is 0.294. The summed E-state index contributed by atoms with van der Waals surface area (Å²) in [4.78, 5) is 42.4. The van der Waals surface area contributed by atoms with Gasteiger partial charge in [0.25, 0.3) is 11.5 Å². The topological polar surface area (TPSA) is 98.0 Å². The van der Waals surface area contributed by atoms with Gasteiger partial charge in [-0.05, 0) is 25.1 Å². The molecule has 3 aromatic rings. The molecule has 0 saturated carbocycles. The van der Waals surface area contributed by atoms with Crippen molar-refractivity contribution in [1.29, 1.82) is 0 Å². The van der Waals surface area contributed by atoms with Gasteiger partial charge in [-0.2, -0.15) is 0 Å². The Labute approximate surface area is 143 Å². The number of imidazole rings is 1. The molecule has 25 heavy (non-hydrogen) atoms. The number of benzene rings is 1. The minimum atomic E-state index is -0.158. The third-order valence-electron chi connectivity index (χ3n) is 4.40. The molecule has 128 valence electrons. The lowest BCUT2D eigenvalue weighted by molar-refractivity contribution is 0.0746. The molecule has 2 aromatic heterocycles. The average molecular weight is 338 g/mol. The Balaban J connectivity index is 1.47. The molecular weight excluding hydrogens is 320 g/mol. The first-order chi connectivity index (χ1) is 12.1. The van der Waals surface area contributed by atoms with Crippen molar-refractivity contribution in [3.8, 4) is 0 Å². The van der Waals surface area contributed by atoms with E-state index in [0.717, 1.165) is 11.0 Å². The summed E-state index contributed by atoms with van der Waals surface area (Å²) in [6.07, 6.45) is 1.62. The number of aryl methyl sites for hydroxylation is 1. The van der Waals surface area contributed by atoms with Crippen LogP contribution < -0.4 is 10.5 Å². The third kappa shape index (κ3) is 2.98. The normalized spacial score (nSPS) is 14.9. The van der Waals surface area contributed by atoms with Gasteiger partial charge in [0.15, 0.2) is 0 Å². The second-order valence-corrected chi connectivity index (χ2v) is 6.10. The second kappa shape index (κ2) is 6.04. The van der Waals surface area contributed by atoms with Crippen molar-refractivity contribution in [3.63, 3.8) is 0 Å². The van der Waals surface area contributed by atoms with Crippen LogP contribution in [0.15, 0.2) is 35.4 Å². The number of amides is 1. The van der Waals surface area contributed by atoms with Gasteiger partial charge in [-0.3, -0.25) is 9.59 Å². The van der Waals surface area contributed by atoms with E-state index in [0.29, 0.717) is 43.4 Å². The largest absolute Gasteiger partial charge is 0.353 e. The molecule has 1 aliphatic heterocycles. The Morgan fingerprint density at radius 2 is 1.96 bits per heavy atom. The lowest BCUT2D eigenvalue weighted by Crippen LogP contribution is -2.49. The van der Waals surface area contributed by atoms with Crippen LogP contribution in [-0.2, 0) is 0 Å². The molecule has 1 fully saturated rings. The molecule has 8 heteroatoms. The maximum Gasteiger partial charge on any atom is 0.254 e. The van der Waals surface area contributed by atoms with E-state index in [9.17, 15) is 9.59 Å². The van der Waals surface area contributed by atoms with Crippen molar-refractivity contribution in [2.75, 3.05) is 31.1 Å². The Kier molecular flexibility index (Phi) is 3.72. The van der Waals surface area contributed by atoms with Crippen LogP contribution in [-0.4, -0.2) is 56.9 Å². The summed E-state index contributed by atoms with van der Waals surface area (Å²) in [6, 6.07) is 6.98. The van der Waals surface area contributed by atoms with Crippen LogP contribution in [0.5, 0.6) is 0 Å². The first kappa shape index (κ1) is 15.4. The van der Waals surface area contributed by atoms with E-state index in [2.05, 4.69) is 19.9 Å². The number of carbonyl (C=O) groups is 1. The number of H-pyrrole nitrogens is 2. The molecule has 8 nitrogen and oxygen atoms in total. The Bertz CT molecular complexity index is 984. The van der Waals surface area contributed by atoms with E-state index in [1.807, 2.05) is 21.9 Å². The van der Waals surface area contributed by atoms with E-state index >= 15 is 0 Å². The fourth-order valence-corrected chi connectivity index (χ4v) is 3.12. The Hall–Kier alpha value is -3.16. The average Bonchev–Trinajstić information content (AvgIpc) is 3.08. The maximum atomic E-state index is 12.7. The standard InChI is InChI=1S/C17H18N6O2/c1-11-20-15(9-16(24)21-11)22-4-6-23(7-5-22)17(25)12-2-3-13-14(8-12)19-10-18-13/h2-3,8-10H,4-7H2,1H3,(H,18,19)(H,20,21,24). The molecule has 0 unspecified atom stereocenters. The molecule has 4 rings (SSSR count). The van der Waals surface area contributed by atoms with Crippen molar-refractivity contribution in [2.24, 2.45) is 0 Å². The predicted molar refractivity (Wildman–Crippen MR) is 93.8 cm³/mol. The molecule has 0 radical (unpaired) electrons. The second-order valence-electron chi connectivity index (χ2n) is 6.10. The van der Waals surface area contributed by atoms with Gasteiger partial charge in [0.05, 0.1) is 17.4 Å². The highest BCUT2D eigenvalue weighted by molar-refractivity contribution is 5.97. The highest BCUT2D eigenvalue weighted by atomic mass is 16.2. The van der Waals surface area contributed by atoms with Crippen molar-refractivity contribution >= 4 is 22.8 Å². The lowest BCUT2D eigenvalue weighted by Gasteiger charge is -2.35. The van der Waals surface area contributed by atoms with Crippen molar-refractivity contribution in [2.45, 2.75) is 6.92 Å². The van der Waals surface area contributed by atoms with Gasteiger partial charge in [-0.15, -0.1) is 0 Å². The molecule has 0 spiro atoms. The monoisotopic (exact) mass is 338 g/mol. The van der Waals surface area contributed by atoms with Gasteiger partial charge in [0.1, 0.15) is 11.6 Å². The van der Waals surface area contributed by atoms with Gasteiger partial charge < -0.3 is 19.8 Å². The Morgan fingerprint density at radius 3 is 2.72 bits per heavy atom. The van der Waals surface area contributed by atoms with Gasteiger partial charge in [0, 0.05) is 37.8 Å². The lowest BCUT2D eigenvalue weighted by atomic mass is 10.1. The van der Waals surface area contributed by atoms with Crippen LogP contribution in [0.1, 0.15) is 16.2 Å². The predicted octanol–water partition coefficient (Wildman–Crippen LogP) is 0.917. The molecule has 1 amide bonds. The van der Waals surface area contributed by atoms with Crippen LogP contribution in [0.25, 0.3) is 11.0 Å². The molecule has 2 N–H and O–H groups in total. The highest BCUT2D eigenvalue weighted by Gasteiger charge is 2.23. The Morgan fingerprint density at radius 1 is 1.16 bits per heavy atom. The van der Waals surface area contributed by atoms with Crippen molar-refractivity contribution < 1.29 is 4.79 Å². The zero-order chi connectivity index (χ0) is 17.4. The summed E-state index contributed by atoms with van der Waals surface area (Å²) in [5.74, 6) is 1.26. The molecule has 0 aliphatic carbocycles. The molecular formula is C17H18N6O2. The number of hydrogen-bond acceptors (Lipinski definition) is 5. The molecule has 0 atom stereocenters. The maximum absolute atomic E-state index is 12.7. The minimum absolute atomic E-state index is 0.00574. The molecule has 1 saturated heterocycles. The first-order valence-corrected chi connectivity index (χ1v) is 8.15. The number of piperazine rings is 1. The number of aromatic nitrogens is 4. The van der Waals surface area contributed by atoms with Crippen LogP contribution >= 0.6 is 0 Å². The van der Waals surface area contributed by atoms with E-state index in [-0.39, 0.29) is 11.5 Å². The first-order valence-electron chi connectivity index (χ1n) is 8.15. The van der Waals surface area contributed by atoms with Crippen LogP contribution in [0.2, 0.25) is 0 Å². The molecule has 1 aliphatic rings. The number of hydrogen-bond donors (Lipinski definition) is 2. The van der Waals surface area contributed by atoms with E-state index in [1.54, 1.807) is 19.3 Å². The quantitative estimate of drug-likeness (QED) is 0.724. The molecule has 0 bridgehead atoms. The summed E-state index contributed by atoms with van der Waals surface area (Å²) in [7, 11) is 0. The number of anilines is 1. The van der Waals surface area contributed by atoms with Gasteiger partial charge in [-0.25, -0.2) is 9.97 Å². The van der Waals surface area contributed by atoms with Crippen LogP contribution in [0, 0.1) is 6.92 Å². The fourth-order valence-electron chi connectivity index (χ4n) is 3.12. The van der Waals surface area contributed by atoms with Crippen molar-refractivity contribution in [1.82, 2.24) is 24.8 Å². The van der Waals surface area contributed by atoms with Crippen molar-refractivity contribution in [3.05, 3.63) is 52.3 Å². The van der Waals surface area contributed by atoms with E-state index < -0.39 is 0 Å². The minimum Gasteiger partial charge on any atom is -0.353 e. The molecule has 1 aromatic carbocycles. The van der Waals surface area contributed by atoms with Gasteiger partial charge >= 0.3 is 0 Å². The number of fused-ring (bicyclic) bond motifs is 1. The summed E-state index contributed by atoms with van der Waals surface area (Å²) in [5.41, 5.74) is 2.19.